The largest absolute Gasteiger partial charge is 0.481 e. The van der Waals surface area contributed by atoms with E-state index >= 15 is 0 Å². The Morgan fingerprint density at radius 1 is 1.18 bits per heavy atom. The molecular formula is C17H20O5. The molecule has 2 aromatic rings. The van der Waals surface area contributed by atoms with Gasteiger partial charge in [0.2, 0.25) is 0 Å². The highest BCUT2D eigenvalue weighted by atomic mass is 16.6. The van der Waals surface area contributed by atoms with E-state index in [-0.39, 0.29) is 6.61 Å². The molecule has 0 saturated heterocycles. The van der Waals surface area contributed by atoms with E-state index < -0.39 is 17.2 Å². The molecule has 1 aromatic carbocycles. The van der Waals surface area contributed by atoms with Gasteiger partial charge in [-0.25, -0.2) is 9.59 Å². The fourth-order valence-electron chi connectivity index (χ4n) is 2.20. The number of esters is 1. The number of hydrogen-bond donors (Lipinski definition) is 0. The topological polar surface area (TPSA) is 65.7 Å². The molecule has 0 N–H and O–H groups in total. The summed E-state index contributed by atoms with van der Waals surface area (Å²) >= 11 is 0. The maximum atomic E-state index is 11.8. The van der Waals surface area contributed by atoms with E-state index in [9.17, 15) is 9.59 Å². The summed E-state index contributed by atoms with van der Waals surface area (Å²) in [5.41, 5.74) is 1.10. The van der Waals surface area contributed by atoms with E-state index in [1.165, 1.54) is 6.07 Å². The third-order valence-corrected chi connectivity index (χ3v) is 2.92. The molecule has 118 valence electrons. The predicted octanol–water partition coefficient (Wildman–Crippen LogP) is 3.13. The molecule has 0 saturated carbocycles. The zero-order valence-electron chi connectivity index (χ0n) is 13.5. The van der Waals surface area contributed by atoms with Crippen molar-refractivity contribution in [2.45, 2.75) is 40.2 Å². The normalized spacial score (nSPS) is 11.5. The highest BCUT2D eigenvalue weighted by molar-refractivity contribution is 5.87. The lowest BCUT2D eigenvalue weighted by molar-refractivity contribution is -0.157. The number of benzene rings is 1. The van der Waals surface area contributed by atoms with E-state index in [2.05, 4.69) is 0 Å². The molecule has 0 unspecified atom stereocenters. The lowest BCUT2D eigenvalue weighted by Gasteiger charge is -2.19. The van der Waals surface area contributed by atoms with Gasteiger partial charge in [-0.05, 0) is 57.9 Å². The molecule has 22 heavy (non-hydrogen) atoms. The van der Waals surface area contributed by atoms with Crippen molar-refractivity contribution >= 4 is 16.9 Å². The van der Waals surface area contributed by atoms with Crippen LogP contribution in [0.5, 0.6) is 5.75 Å². The van der Waals surface area contributed by atoms with Crippen molar-refractivity contribution < 1.29 is 18.7 Å². The first-order valence-corrected chi connectivity index (χ1v) is 7.05. The first kappa shape index (κ1) is 16.1. The lowest BCUT2D eigenvalue weighted by atomic mass is 10.1. The zero-order valence-corrected chi connectivity index (χ0v) is 13.5. The number of hydrogen-bond acceptors (Lipinski definition) is 5. The van der Waals surface area contributed by atoms with Gasteiger partial charge in [0.1, 0.15) is 16.9 Å². The van der Waals surface area contributed by atoms with Gasteiger partial charge in [-0.15, -0.1) is 0 Å². The lowest BCUT2D eigenvalue weighted by Crippen LogP contribution is -2.27. The Bertz CT molecular complexity index is 765. The fraction of sp³-hybridized carbons (Fsp3) is 0.412. The molecule has 0 amide bonds. The minimum atomic E-state index is -0.558. The summed E-state index contributed by atoms with van der Waals surface area (Å²) < 4.78 is 16.0. The van der Waals surface area contributed by atoms with Gasteiger partial charge < -0.3 is 13.9 Å². The average molecular weight is 304 g/mol. The third kappa shape index (κ3) is 3.87. The Morgan fingerprint density at radius 3 is 2.50 bits per heavy atom. The molecule has 2 rings (SSSR count). The van der Waals surface area contributed by atoms with E-state index in [1.54, 1.807) is 39.8 Å². The second-order valence-corrected chi connectivity index (χ2v) is 6.26. The monoisotopic (exact) mass is 304 g/mol. The molecule has 0 fully saturated rings. The van der Waals surface area contributed by atoms with Crippen molar-refractivity contribution in [1.82, 2.24) is 0 Å². The van der Waals surface area contributed by atoms with Crippen molar-refractivity contribution in [3.05, 3.63) is 39.7 Å². The molecule has 0 aliphatic heterocycles. The SMILES string of the molecule is Cc1cc(OCC(=O)OC(C)(C)C)c2c(C)cc(=O)oc2c1. The van der Waals surface area contributed by atoms with Crippen molar-refractivity contribution in [2.75, 3.05) is 6.61 Å². The number of ether oxygens (including phenoxy) is 2. The maximum absolute atomic E-state index is 11.8. The average Bonchev–Trinajstić information content (AvgIpc) is 2.32. The summed E-state index contributed by atoms with van der Waals surface area (Å²) in [6.07, 6.45) is 0. The van der Waals surface area contributed by atoms with Crippen LogP contribution < -0.4 is 10.4 Å². The van der Waals surface area contributed by atoms with Gasteiger partial charge in [-0.2, -0.15) is 0 Å². The molecule has 0 atom stereocenters. The molecule has 0 radical (unpaired) electrons. The molecular weight excluding hydrogens is 284 g/mol. The van der Waals surface area contributed by atoms with Crippen LogP contribution in [0, 0.1) is 13.8 Å². The fourth-order valence-corrected chi connectivity index (χ4v) is 2.20. The van der Waals surface area contributed by atoms with Crippen molar-refractivity contribution in [3.63, 3.8) is 0 Å². The summed E-state index contributed by atoms with van der Waals surface area (Å²) in [7, 11) is 0. The van der Waals surface area contributed by atoms with Crippen LogP contribution in [-0.4, -0.2) is 18.2 Å². The van der Waals surface area contributed by atoms with Crippen LogP contribution in [0.2, 0.25) is 0 Å². The van der Waals surface area contributed by atoms with E-state index in [4.69, 9.17) is 13.9 Å². The smallest absolute Gasteiger partial charge is 0.344 e. The van der Waals surface area contributed by atoms with E-state index in [1.807, 2.05) is 6.92 Å². The van der Waals surface area contributed by atoms with Gasteiger partial charge in [0.05, 0.1) is 5.39 Å². The minimum Gasteiger partial charge on any atom is -0.481 e. The van der Waals surface area contributed by atoms with E-state index in [0.717, 1.165) is 11.1 Å². The van der Waals surface area contributed by atoms with E-state index in [0.29, 0.717) is 16.7 Å². The summed E-state index contributed by atoms with van der Waals surface area (Å²) in [4.78, 5) is 23.2. The summed E-state index contributed by atoms with van der Waals surface area (Å²) in [6.45, 7) is 8.86. The number of carbonyl (C=O) groups is 1. The Balaban J connectivity index is 2.32. The number of fused-ring (bicyclic) bond motifs is 1. The molecule has 5 nitrogen and oxygen atoms in total. The molecule has 0 aliphatic rings. The van der Waals surface area contributed by atoms with Gasteiger partial charge >= 0.3 is 11.6 Å². The first-order chi connectivity index (χ1) is 10.2. The molecule has 1 heterocycles. The Morgan fingerprint density at radius 2 is 1.86 bits per heavy atom. The van der Waals surface area contributed by atoms with Crippen LogP contribution in [0.3, 0.4) is 0 Å². The first-order valence-electron chi connectivity index (χ1n) is 7.05. The summed E-state index contributed by atoms with van der Waals surface area (Å²) in [5.74, 6) is 0.0549. The van der Waals surface area contributed by atoms with Crippen molar-refractivity contribution in [2.24, 2.45) is 0 Å². The molecule has 0 aliphatic carbocycles. The van der Waals surface area contributed by atoms with Crippen LogP contribution in [0.1, 0.15) is 31.9 Å². The summed E-state index contributed by atoms with van der Waals surface area (Å²) in [6, 6.07) is 4.97. The second kappa shape index (κ2) is 5.83. The maximum Gasteiger partial charge on any atom is 0.344 e. The van der Waals surface area contributed by atoms with Gasteiger partial charge in [0, 0.05) is 6.07 Å². The Labute approximate surface area is 128 Å². The molecule has 0 spiro atoms. The number of rotatable bonds is 3. The van der Waals surface area contributed by atoms with Crippen molar-refractivity contribution in [1.29, 1.82) is 0 Å². The van der Waals surface area contributed by atoms with Crippen LogP contribution in [0.15, 0.2) is 27.4 Å². The second-order valence-electron chi connectivity index (χ2n) is 6.26. The van der Waals surface area contributed by atoms with Crippen LogP contribution >= 0.6 is 0 Å². The Hall–Kier alpha value is -2.30. The minimum absolute atomic E-state index is 0.200. The van der Waals surface area contributed by atoms with Crippen LogP contribution in [-0.2, 0) is 9.53 Å². The van der Waals surface area contributed by atoms with Gasteiger partial charge in [0.25, 0.3) is 0 Å². The van der Waals surface area contributed by atoms with Gasteiger partial charge in [-0.3, -0.25) is 0 Å². The third-order valence-electron chi connectivity index (χ3n) is 2.92. The quantitative estimate of drug-likeness (QED) is 0.644. The number of carbonyl (C=O) groups excluding carboxylic acids is 1. The van der Waals surface area contributed by atoms with Crippen LogP contribution in [0.25, 0.3) is 11.0 Å². The van der Waals surface area contributed by atoms with Gasteiger partial charge in [0.15, 0.2) is 6.61 Å². The zero-order chi connectivity index (χ0) is 16.5. The van der Waals surface area contributed by atoms with Crippen molar-refractivity contribution in [3.8, 4) is 5.75 Å². The highest BCUT2D eigenvalue weighted by Crippen LogP contribution is 2.29. The molecule has 0 bridgehead atoms. The van der Waals surface area contributed by atoms with Gasteiger partial charge in [-0.1, -0.05) is 0 Å². The molecule has 5 heteroatoms. The standard InChI is InChI=1S/C17H20O5/c1-10-6-12(20-9-15(19)22-17(3,4)5)16-11(2)8-14(18)21-13(16)7-10/h6-8H,9H2,1-5H3. The predicted molar refractivity (Wildman–Crippen MR) is 83.3 cm³/mol. The Kier molecular flexibility index (Phi) is 4.26. The van der Waals surface area contributed by atoms with Crippen LogP contribution in [0.4, 0.5) is 0 Å². The highest BCUT2D eigenvalue weighted by Gasteiger charge is 2.17. The summed E-state index contributed by atoms with van der Waals surface area (Å²) in [5, 5.41) is 0.689. The number of aryl methyl sites for hydroxylation is 2. The molecule has 1 aromatic heterocycles.